The topological polar surface area (TPSA) is 72.3 Å². The smallest absolute Gasteiger partial charge is 0.239 e. The summed E-state index contributed by atoms with van der Waals surface area (Å²) in [6.07, 6.45) is 32.1. The maximum Gasteiger partial charge on any atom is 0.239 e. The molecule has 0 saturated heterocycles. The highest BCUT2D eigenvalue weighted by Gasteiger charge is 2.20. The first-order chi connectivity index (χ1) is 17.7. The van der Waals surface area contributed by atoms with Crippen LogP contribution in [0.1, 0.15) is 174 Å². The van der Waals surface area contributed by atoms with Gasteiger partial charge in [-0.05, 0) is 32.2 Å². The van der Waals surface area contributed by atoms with Gasteiger partial charge in [-0.3, -0.25) is 4.79 Å². The number of nitrogens with two attached hydrogens (primary N) is 2. The summed E-state index contributed by atoms with van der Waals surface area (Å²) in [5, 5.41) is 0. The van der Waals surface area contributed by atoms with Crippen molar-refractivity contribution in [1.29, 1.82) is 0 Å². The third-order valence-corrected chi connectivity index (χ3v) is 7.66. The van der Waals surface area contributed by atoms with E-state index in [-0.39, 0.29) is 11.9 Å². The van der Waals surface area contributed by atoms with Gasteiger partial charge in [-0.2, -0.15) is 0 Å². The Labute approximate surface area is 227 Å². The van der Waals surface area contributed by atoms with Crippen LogP contribution in [-0.4, -0.2) is 36.5 Å². The van der Waals surface area contributed by atoms with Crippen molar-refractivity contribution in [3.63, 3.8) is 0 Å². The summed E-state index contributed by atoms with van der Waals surface area (Å²) in [6.45, 7) is 7.02. The third-order valence-electron chi connectivity index (χ3n) is 7.66. The van der Waals surface area contributed by atoms with Gasteiger partial charge in [-0.1, -0.05) is 149 Å². The van der Waals surface area contributed by atoms with Gasteiger partial charge in [-0.25, -0.2) is 0 Å². The van der Waals surface area contributed by atoms with Gasteiger partial charge in [0, 0.05) is 13.1 Å². The second-order valence-corrected chi connectivity index (χ2v) is 11.3. The van der Waals surface area contributed by atoms with Crippen LogP contribution in [0.4, 0.5) is 0 Å². The molecular formula is C32H67N3O. The zero-order chi connectivity index (χ0) is 26.5. The van der Waals surface area contributed by atoms with E-state index in [0.29, 0.717) is 6.54 Å². The standard InChI is InChI=1S/C32H67N3O/c1-3-5-7-9-11-13-15-16-18-20-22-26-30-35(32(36)31(34)27-23-24-28-33)29-25-21-19-17-14-12-10-8-6-4-2/h31H,3-30,33-34H2,1-2H3/t31-/m0/s1. The maximum atomic E-state index is 13.0. The average Bonchev–Trinajstić information content (AvgIpc) is 2.88. The predicted molar refractivity (Wildman–Crippen MR) is 160 cm³/mol. The molecule has 0 bridgehead atoms. The van der Waals surface area contributed by atoms with Crippen LogP contribution in [0.3, 0.4) is 0 Å². The monoisotopic (exact) mass is 510 g/mol. The van der Waals surface area contributed by atoms with Crippen LogP contribution in [0.15, 0.2) is 0 Å². The van der Waals surface area contributed by atoms with Gasteiger partial charge in [0.2, 0.25) is 5.91 Å². The highest BCUT2D eigenvalue weighted by molar-refractivity contribution is 5.81. The van der Waals surface area contributed by atoms with Crippen LogP contribution in [0.5, 0.6) is 0 Å². The lowest BCUT2D eigenvalue weighted by Gasteiger charge is -2.26. The van der Waals surface area contributed by atoms with Crippen LogP contribution in [0.25, 0.3) is 0 Å². The molecule has 0 radical (unpaired) electrons. The van der Waals surface area contributed by atoms with Crippen molar-refractivity contribution < 1.29 is 4.79 Å². The Morgan fingerprint density at radius 3 is 1.19 bits per heavy atom. The Bertz CT molecular complexity index is 443. The normalized spacial score (nSPS) is 12.2. The van der Waals surface area contributed by atoms with E-state index in [1.807, 2.05) is 0 Å². The molecule has 216 valence electrons. The Kier molecular flexibility index (Phi) is 28.5. The molecule has 0 spiro atoms. The number of rotatable bonds is 29. The molecule has 0 saturated carbocycles. The highest BCUT2D eigenvalue weighted by Crippen LogP contribution is 2.14. The molecular weight excluding hydrogens is 442 g/mol. The molecule has 0 unspecified atom stereocenters. The van der Waals surface area contributed by atoms with E-state index in [4.69, 9.17) is 11.5 Å². The van der Waals surface area contributed by atoms with Crippen LogP contribution < -0.4 is 11.5 Å². The van der Waals surface area contributed by atoms with Crippen molar-refractivity contribution in [3.8, 4) is 0 Å². The van der Waals surface area contributed by atoms with Crippen molar-refractivity contribution in [2.45, 2.75) is 180 Å². The number of unbranched alkanes of at least 4 members (excludes halogenated alkanes) is 21. The first-order valence-corrected chi connectivity index (χ1v) is 16.4. The minimum absolute atomic E-state index is 0.172. The molecule has 0 rings (SSSR count). The van der Waals surface area contributed by atoms with Gasteiger partial charge >= 0.3 is 0 Å². The first kappa shape index (κ1) is 35.4. The summed E-state index contributed by atoms with van der Waals surface area (Å²) in [5.74, 6) is 0.172. The zero-order valence-electron chi connectivity index (χ0n) is 24.9. The SMILES string of the molecule is CCCCCCCCCCCCCCN(CCCCCCCCCCCC)C(=O)[C@@H](N)CCCCN. The number of carbonyl (C=O) groups excluding carboxylic acids is 1. The van der Waals surface area contributed by atoms with Gasteiger partial charge in [0.1, 0.15) is 0 Å². The summed E-state index contributed by atoms with van der Waals surface area (Å²) < 4.78 is 0. The summed E-state index contributed by atoms with van der Waals surface area (Å²) in [6, 6.07) is -0.350. The summed E-state index contributed by atoms with van der Waals surface area (Å²) in [5.41, 5.74) is 11.9. The predicted octanol–water partition coefficient (Wildman–Crippen LogP) is 8.89. The number of carbonyl (C=O) groups is 1. The van der Waals surface area contributed by atoms with E-state index in [2.05, 4.69) is 18.7 Å². The molecule has 0 aromatic rings. The van der Waals surface area contributed by atoms with E-state index in [1.165, 1.54) is 128 Å². The van der Waals surface area contributed by atoms with Crippen LogP contribution in [0.2, 0.25) is 0 Å². The fourth-order valence-corrected chi connectivity index (χ4v) is 5.13. The van der Waals surface area contributed by atoms with Gasteiger partial charge in [-0.15, -0.1) is 0 Å². The summed E-state index contributed by atoms with van der Waals surface area (Å²) in [7, 11) is 0. The van der Waals surface area contributed by atoms with Gasteiger partial charge < -0.3 is 16.4 Å². The van der Waals surface area contributed by atoms with Gasteiger partial charge in [0.05, 0.1) is 6.04 Å². The van der Waals surface area contributed by atoms with Crippen LogP contribution >= 0.6 is 0 Å². The molecule has 0 aromatic carbocycles. The van der Waals surface area contributed by atoms with Crippen LogP contribution in [-0.2, 0) is 4.79 Å². The second kappa shape index (κ2) is 29.0. The highest BCUT2D eigenvalue weighted by atomic mass is 16.2. The Balaban J connectivity index is 4.06. The minimum atomic E-state index is -0.350. The molecule has 4 nitrogen and oxygen atoms in total. The lowest BCUT2D eigenvalue weighted by molar-refractivity contribution is -0.133. The quantitative estimate of drug-likeness (QED) is 0.0988. The molecule has 0 aromatic heterocycles. The van der Waals surface area contributed by atoms with Crippen molar-refractivity contribution in [1.82, 2.24) is 4.90 Å². The fourth-order valence-electron chi connectivity index (χ4n) is 5.13. The molecule has 0 aliphatic heterocycles. The Hall–Kier alpha value is -0.610. The average molecular weight is 510 g/mol. The largest absolute Gasteiger partial charge is 0.341 e. The fraction of sp³-hybridized carbons (Fsp3) is 0.969. The lowest BCUT2D eigenvalue weighted by Crippen LogP contribution is -2.44. The van der Waals surface area contributed by atoms with Crippen molar-refractivity contribution in [2.24, 2.45) is 11.5 Å². The zero-order valence-corrected chi connectivity index (χ0v) is 24.9. The number of amides is 1. The van der Waals surface area contributed by atoms with E-state index in [1.54, 1.807) is 0 Å². The van der Waals surface area contributed by atoms with E-state index in [0.717, 1.165) is 45.2 Å². The summed E-state index contributed by atoms with van der Waals surface area (Å²) >= 11 is 0. The van der Waals surface area contributed by atoms with Crippen molar-refractivity contribution in [2.75, 3.05) is 19.6 Å². The molecule has 36 heavy (non-hydrogen) atoms. The second-order valence-electron chi connectivity index (χ2n) is 11.3. The third kappa shape index (κ3) is 23.8. The van der Waals surface area contributed by atoms with E-state index < -0.39 is 0 Å². The lowest BCUT2D eigenvalue weighted by atomic mass is 10.0. The molecule has 0 aliphatic carbocycles. The maximum absolute atomic E-state index is 13.0. The molecule has 1 atom stereocenters. The number of nitrogens with zero attached hydrogens (tertiary/aromatic N) is 1. The number of hydrogen-bond donors (Lipinski definition) is 2. The van der Waals surface area contributed by atoms with Crippen molar-refractivity contribution >= 4 is 5.91 Å². The van der Waals surface area contributed by atoms with Crippen molar-refractivity contribution in [3.05, 3.63) is 0 Å². The molecule has 0 aliphatic rings. The minimum Gasteiger partial charge on any atom is -0.341 e. The molecule has 0 heterocycles. The van der Waals surface area contributed by atoms with E-state index in [9.17, 15) is 4.79 Å². The van der Waals surface area contributed by atoms with Crippen LogP contribution in [0, 0.1) is 0 Å². The number of hydrogen-bond acceptors (Lipinski definition) is 3. The molecule has 1 amide bonds. The summed E-state index contributed by atoms with van der Waals surface area (Å²) in [4.78, 5) is 15.1. The molecule has 0 fully saturated rings. The first-order valence-electron chi connectivity index (χ1n) is 16.4. The van der Waals surface area contributed by atoms with E-state index >= 15 is 0 Å². The Morgan fingerprint density at radius 2 is 0.861 bits per heavy atom. The Morgan fingerprint density at radius 1 is 0.528 bits per heavy atom. The molecule has 4 heteroatoms. The molecule has 4 N–H and O–H groups in total. The van der Waals surface area contributed by atoms with Gasteiger partial charge in [0.25, 0.3) is 0 Å². The van der Waals surface area contributed by atoms with Gasteiger partial charge in [0.15, 0.2) is 0 Å².